The molecule has 0 N–H and O–H groups in total. The zero-order chi connectivity index (χ0) is 22.6. The van der Waals surface area contributed by atoms with Crippen molar-refractivity contribution in [2.24, 2.45) is 5.41 Å². The largest absolute Gasteiger partial charge is 0.493 e. The maximum atomic E-state index is 11.0. The second-order valence-electron chi connectivity index (χ2n) is 9.78. The van der Waals surface area contributed by atoms with Crippen molar-refractivity contribution >= 4 is 17.9 Å². The fraction of sp³-hybridized carbons (Fsp3) is 0.519. The van der Waals surface area contributed by atoms with Crippen molar-refractivity contribution < 1.29 is 19.0 Å². The molecule has 0 spiro atoms. The molecule has 2 aromatic carbocycles. The molecule has 172 valence electrons. The average molecular weight is 457 g/mol. The lowest BCUT2D eigenvalue weighted by Crippen LogP contribution is -2.23. The third-order valence-electron chi connectivity index (χ3n) is 6.75. The first kappa shape index (κ1) is 23.0. The van der Waals surface area contributed by atoms with Crippen LogP contribution in [0.15, 0.2) is 36.4 Å². The Hall–Kier alpha value is -2.20. The van der Waals surface area contributed by atoms with Gasteiger partial charge in [-0.3, -0.25) is 4.79 Å². The molecule has 0 radical (unpaired) electrons. The number of benzene rings is 2. The molecule has 2 aromatic rings. The molecule has 0 amide bonds. The van der Waals surface area contributed by atoms with Gasteiger partial charge in [-0.25, -0.2) is 0 Å². The van der Waals surface area contributed by atoms with Crippen molar-refractivity contribution in [2.45, 2.75) is 70.8 Å². The first-order valence-corrected chi connectivity index (χ1v) is 12.1. The van der Waals surface area contributed by atoms with Crippen LogP contribution in [0.4, 0.5) is 0 Å². The van der Waals surface area contributed by atoms with Gasteiger partial charge in [-0.05, 0) is 79.2 Å². The van der Waals surface area contributed by atoms with E-state index in [1.54, 1.807) is 0 Å². The molecule has 32 heavy (non-hydrogen) atoms. The van der Waals surface area contributed by atoms with Crippen molar-refractivity contribution in [1.82, 2.24) is 0 Å². The topological polar surface area (TPSA) is 44.8 Å². The fourth-order valence-electron chi connectivity index (χ4n) is 4.61. The Morgan fingerprint density at radius 1 is 1.06 bits per heavy atom. The van der Waals surface area contributed by atoms with E-state index in [0.717, 1.165) is 48.4 Å². The Labute approximate surface area is 196 Å². The predicted molar refractivity (Wildman–Crippen MR) is 127 cm³/mol. The molecule has 2 aliphatic rings. The minimum Gasteiger partial charge on any atom is -0.493 e. The van der Waals surface area contributed by atoms with Gasteiger partial charge in [-0.2, -0.15) is 0 Å². The van der Waals surface area contributed by atoms with E-state index < -0.39 is 0 Å². The highest BCUT2D eigenvalue weighted by atomic mass is 35.5. The first-order chi connectivity index (χ1) is 15.4. The molecule has 1 aliphatic carbocycles. The van der Waals surface area contributed by atoms with E-state index in [1.807, 2.05) is 24.3 Å². The maximum absolute atomic E-state index is 11.0. The van der Waals surface area contributed by atoms with Crippen molar-refractivity contribution in [3.63, 3.8) is 0 Å². The monoisotopic (exact) mass is 456 g/mol. The van der Waals surface area contributed by atoms with Crippen molar-refractivity contribution in [2.75, 3.05) is 13.2 Å². The van der Waals surface area contributed by atoms with E-state index in [0.29, 0.717) is 29.6 Å². The van der Waals surface area contributed by atoms with Crippen LogP contribution in [0, 0.1) is 5.41 Å². The Kier molecular flexibility index (Phi) is 7.30. The standard InChI is InChI=1S/C27H33ClO4/c1-27(2)12-10-19(11-13-27)21-6-9-25(24(28)16-21)31-15-3-14-30-22-7-4-20-5-8-23(18-29)32-26(20)17-22/h4,6-7,9,16-19,23H,3,5,8,10-15H2,1-2H3. The summed E-state index contributed by atoms with van der Waals surface area (Å²) < 4.78 is 17.4. The van der Waals surface area contributed by atoms with Gasteiger partial charge in [-0.15, -0.1) is 0 Å². The van der Waals surface area contributed by atoms with Gasteiger partial charge in [0.25, 0.3) is 0 Å². The smallest absolute Gasteiger partial charge is 0.160 e. The van der Waals surface area contributed by atoms with Crippen molar-refractivity contribution in [3.8, 4) is 17.2 Å². The lowest BCUT2D eigenvalue weighted by Gasteiger charge is -2.34. The van der Waals surface area contributed by atoms with E-state index in [2.05, 4.69) is 26.0 Å². The summed E-state index contributed by atoms with van der Waals surface area (Å²) in [7, 11) is 0. The highest BCUT2D eigenvalue weighted by Gasteiger charge is 2.27. The maximum Gasteiger partial charge on any atom is 0.160 e. The van der Waals surface area contributed by atoms with Gasteiger partial charge in [0.15, 0.2) is 12.4 Å². The molecule has 4 nitrogen and oxygen atoms in total. The highest BCUT2D eigenvalue weighted by molar-refractivity contribution is 6.32. The second-order valence-corrected chi connectivity index (χ2v) is 10.2. The Morgan fingerprint density at radius 3 is 2.59 bits per heavy atom. The predicted octanol–water partition coefficient (Wildman–Crippen LogP) is 6.76. The van der Waals surface area contributed by atoms with Crippen LogP contribution in [0.3, 0.4) is 0 Å². The molecule has 0 saturated heterocycles. The zero-order valence-corrected chi connectivity index (χ0v) is 19.8. The number of carbonyl (C=O) groups is 1. The number of aldehydes is 1. The molecule has 1 atom stereocenters. The van der Waals surface area contributed by atoms with Gasteiger partial charge in [0.2, 0.25) is 0 Å². The van der Waals surface area contributed by atoms with E-state index in [-0.39, 0.29) is 6.10 Å². The number of ether oxygens (including phenoxy) is 3. The van der Waals surface area contributed by atoms with Gasteiger partial charge in [-0.1, -0.05) is 37.6 Å². The van der Waals surface area contributed by atoms with Crippen molar-refractivity contribution in [3.05, 3.63) is 52.5 Å². The molecule has 1 unspecified atom stereocenters. The summed E-state index contributed by atoms with van der Waals surface area (Å²) in [6.07, 6.45) is 7.82. The zero-order valence-electron chi connectivity index (χ0n) is 19.1. The molecule has 0 aromatic heterocycles. The summed E-state index contributed by atoms with van der Waals surface area (Å²) in [5.74, 6) is 2.82. The third-order valence-corrected chi connectivity index (χ3v) is 7.04. The van der Waals surface area contributed by atoms with Crippen LogP contribution in [0.1, 0.15) is 69.4 Å². The van der Waals surface area contributed by atoms with Gasteiger partial charge in [0.05, 0.1) is 18.2 Å². The molecule has 1 fully saturated rings. The molecule has 1 heterocycles. The van der Waals surface area contributed by atoms with E-state index in [4.69, 9.17) is 25.8 Å². The Morgan fingerprint density at radius 2 is 1.84 bits per heavy atom. The molecule has 5 heteroatoms. The van der Waals surface area contributed by atoms with E-state index in [9.17, 15) is 4.79 Å². The normalized spacial score (nSPS) is 20.2. The number of hydrogen-bond donors (Lipinski definition) is 0. The number of rotatable bonds is 8. The number of carbonyl (C=O) groups excluding carboxylic acids is 1. The molecule has 1 saturated carbocycles. The quantitative estimate of drug-likeness (QED) is 0.325. The Balaban J connectivity index is 1.22. The summed E-state index contributed by atoms with van der Waals surface area (Å²) in [5.41, 5.74) is 2.91. The average Bonchev–Trinajstić information content (AvgIpc) is 2.79. The Bertz CT molecular complexity index is 929. The second kappa shape index (κ2) is 10.2. The summed E-state index contributed by atoms with van der Waals surface area (Å²) in [5, 5.41) is 0.685. The molecular formula is C27H33ClO4. The van der Waals surface area contributed by atoms with Crippen LogP contribution in [0.2, 0.25) is 5.02 Å². The van der Waals surface area contributed by atoms with Crippen LogP contribution in [0.25, 0.3) is 0 Å². The van der Waals surface area contributed by atoms with Gasteiger partial charge in [0.1, 0.15) is 17.2 Å². The van der Waals surface area contributed by atoms with Crippen LogP contribution >= 0.6 is 11.6 Å². The summed E-state index contributed by atoms with van der Waals surface area (Å²) in [4.78, 5) is 11.0. The van der Waals surface area contributed by atoms with Gasteiger partial charge < -0.3 is 14.2 Å². The minimum absolute atomic E-state index is 0.354. The van der Waals surface area contributed by atoms with Crippen molar-refractivity contribution in [1.29, 1.82) is 0 Å². The number of halogens is 1. The van der Waals surface area contributed by atoms with Gasteiger partial charge in [0, 0.05) is 12.5 Å². The van der Waals surface area contributed by atoms with Crippen LogP contribution in [-0.2, 0) is 11.2 Å². The summed E-state index contributed by atoms with van der Waals surface area (Å²) >= 11 is 6.51. The lowest BCUT2D eigenvalue weighted by molar-refractivity contribution is -0.114. The van der Waals surface area contributed by atoms with E-state index >= 15 is 0 Å². The SMILES string of the molecule is CC1(C)CCC(c2ccc(OCCCOc3ccc4c(c3)OC(C=O)CC4)c(Cl)c2)CC1. The third kappa shape index (κ3) is 5.78. The molecule has 0 bridgehead atoms. The highest BCUT2D eigenvalue weighted by Crippen LogP contribution is 2.43. The molecular weight excluding hydrogens is 424 g/mol. The first-order valence-electron chi connectivity index (χ1n) is 11.7. The number of fused-ring (bicyclic) bond motifs is 1. The summed E-state index contributed by atoms with van der Waals surface area (Å²) in [6.45, 7) is 5.79. The van der Waals surface area contributed by atoms with Crippen LogP contribution in [-0.4, -0.2) is 25.6 Å². The molecule has 4 rings (SSSR count). The van der Waals surface area contributed by atoms with Gasteiger partial charge >= 0.3 is 0 Å². The summed E-state index contributed by atoms with van der Waals surface area (Å²) in [6, 6.07) is 12.1. The lowest BCUT2D eigenvalue weighted by atomic mass is 9.71. The van der Waals surface area contributed by atoms with E-state index in [1.165, 1.54) is 31.2 Å². The number of hydrogen-bond acceptors (Lipinski definition) is 4. The van der Waals surface area contributed by atoms with Crippen LogP contribution in [0.5, 0.6) is 17.2 Å². The minimum atomic E-state index is -0.354. The number of aryl methyl sites for hydroxylation is 1. The molecule has 1 aliphatic heterocycles. The fourth-order valence-corrected chi connectivity index (χ4v) is 4.85. The van der Waals surface area contributed by atoms with Crippen LogP contribution < -0.4 is 14.2 Å².